The fraction of sp³-hybridized carbons (Fsp3) is 0.381. The number of carbonyl (C=O) groups is 1. The molecule has 0 amide bonds. The molecule has 1 saturated heterocycles. The summed E-state index contributed by atoms with van der Waals surface area (Å²) in [5.74, 6) is -0.791. The van der Waals surface area contributed by atoms with Crippen molar-refractivity contribution >= 4 is 38.9 Å². The first-order valence-electron chi connectivity index (χ1n) is 9.76. The van der Waals surface area contributed by atoms with Crippen LogP contribution in [0.25, 0.3) is 0 Å². The summed E-state index contributed by atoms with van der Waals surface area (Å²) in [6, 6.07) is 10.1. The number of aliphatic carboxylic acids is 1. The van der Waals surface area contributed by atoms with Gasteiger partial charge in [-0.25, -0.2) is 13.1 Å². The summed E-state index contributed by atoms with van der Waals surface area (Å²) in [4.78, 5) is 14.3. The zero-order valence-electron chi connectivity index (χ0n) is 16.4. The van der Waals surface area contributed by atoms with Gasteiger partial charge in [0.15, 0.2) is 0 Å². The Morgan fingerprint density at radius 3 is 2.73 bits per heavy atom. The van der Waals surface area contributed by atoms with Crippen molar-refractivity contribution in [2.45, 2.75) is 49.2 Å². The highest BCUT2D eigenvalue weighted by Crippen LogP contribution is 2.25. The van der Waals surface area contributed by atoms with Gasteiger partial charge < -0.3 is 5.11 Å². The molecule has 1 aromatic carbocycles. The predicted molar refractivity (Wildman–Crippen MR) is 119 cm³/mol. The fourth-order valence-electron chi connectivity index (χ4n) is 3.53. The third-order valence-electron chi connectivity index (χ3n) is 4.95. The van der Waals surface area contributed by atoms with Gasteiger partial charge in [0, 0.05) is 41.5 Å². The quantitative estimate of drug-likeness (QED) is 0.404. The van der Waals surface area contributed by atoms with Gasteiger partial charge in [0.05, 0.1) is 4.90 Å². The lowest BCUT2D eigenvalue weighted by molar-refractivity contribution is -0.137. The lowest BCUT2D eigenvalue weighted by atomic mass is 10.1. The van der Waals surface area contributed by atoms with Crippen LogP contribution in [-0.2, 0) is 21.4 Å². The average molecular weight is 469 g/mol. The molecule has 30 heavy (non-hydrogen) atoms. The number of hydrogen-bond donors (Lipinski definition) is 2. The van der Waals surface area contributed by atoms with Crippen molar-refractivity contribution < 1.29 is 18.3 Å². The standard InChI is InChI=1S/C21H25ClN2O4S2/c22-16-8-10-20(11-9-16)30(27,28)23-17-13-18(5-2-1-3-7-21(25)26)24(14-17)15-19-6-4-12-29-19/h2,4-6,8-12,17-18,23H,1,3,7,13-15H2,(H,25,26)/b5-2-/t17-,18-/m1/s1. The Balaban J connectivity index is 1.66. The van der Waals surface area contributed by atoms with E-state index in [1.54, 1.807) is 23.5 Å². The van der Waals surface area contributed by atoms with Crippen LogP contribution in [0.1, 0.15) is 30.6 Å². The van der Waals surface area contributed by atoms with E-state index < -0.39 is 16.0 Å². The maximum Gasteiger partial charge on any atom is 0.303 e. The molecule has 2 aromatic rings. The molecule has 0 bridgehead atoms. The van der Waals surface area contributed by atoms with E-state index in [9.17, 15) is 13.2 Å². The number of nitrogens with one attached hydrogen (secondary N) is 1. The first kappa shape index (κ1) is 23.0. The van der Waals surface area contributed by atoms with Crippen LogP contribution in [0.15, 0.2) is 58.8 Å². The van der Waals surface area contributed by atoms with Gasteiger partial charge in [0.1, 0.15) is 0 Å². The maximum atomic E-state index is 12.7. The molecule has 0 radical (unpaired) electrons. The Labute approximate surface area is 186 Å². The van der Waals surface area contributed by atoms with Gasteiger partial charge in [-0.1, -0.05) is 29.8 Å². The van der Waals surface area contributed by atoms with E-state index in [-0.39, 0.29) is 23.4 Å². The first-order valence-corrected chi connectivity index (χ1v) is 12.5. The van der Waals surface area contributed by atoms with Crippen LogP contribution in [0.5, 0.6) is 0 Å². The second-order valence-corrected chi connectivity index (χ2v) is 10.5. The molecule has 0 unspecified atom stereocenters. The summed E-state index contributed by atoms with van der Waals surface area (Å²) >= 11 is 7.54. The average Bonchev–Trinajstić information content (AvgIpc) is 3.32. The van der Waals surface area contributed by atoms with Crippen molar-refractivity contribution in [2.75, 3.05) is 6.54 Å². The van der Waals surface area contributed by atoms with E-state index in [0.29, 0.717) is 30.8 Å². The maximum absolute atomic E-state index is 12.7. The number of rotatable bonds is 10. The first-order chi connectivity index (χ1) is 14.3. The predicted octanol–water partition coefficient (Wildman–Crippen LogP) is 4.13. The molecule has 1 aliphatic heterocycles. The zero-order valence-corrected chi connectivity index (χ0v) is 18.8. The highest BCUT2D eigenvalue weighted by Gasteiger charge is 2.33. The number of nitrogens with zero attached hydrogens (tertiary/aromatic N) is 1. The molecule has 2 heterocycles. The van der Waals surface area contributed by atoms with Gasteiger partial charge in [-0.2, -0.15) is 0 Å². The largest absolute Gasteiger partial charge is 0.481 e. The minimum atomic E-state index is -3.63. The summed E-state index contributed by atoms with van der Waals surface area (Å²) in [6.07, 6.45) is 6.18. The number of thiophene rings is 1. The number of halogens is 1. The Kier molecular flexibility index (Phi) is 8.07. The minimum Gasteiger partial charge on any atom is -0.481 e. The molecule has 2 atom stereocenters. The molecule has 0 aliphatic carbocycles. The molecule has 0 saturated carbocycles. The smallest absolute Gasteiger partial charge is 0.303 e. The van der Waals surface area contributed by atoms with E-state index in [4.69, 9.17) is 16.7 Å². The molecular formula is C21H25ClN2O4S2. The number of allylic oxidation sites excluding steroid dienone is 1. The van der Waals surface area contributed by atoms with Crippen LogP contribution < -0.4 is 4.72 Å². The topological polar surface area (TPSA) is 86.7 Å². The normalized spacial score (nSPS) is 20.2. The molecule has 6 nitrogen and oxygen atoms in total. The van der Waals surface area contributed by atoms with E-state index in [1.165, 1.54) is 17.0 Å². The second kappa shape index (κ2) is 10.5. The van der Waals surface area contributed by atoms with Crippen LogP contribution in [0.4, 0.5) is 0 Å². The van der Waals surface area contributed by atoms with Gasteiger partial charge >= 0.3 is 5.97 Å². The lowest BCUT2D eigenvalue weighted by Gasteiger charge is -2.21. The highest BCUT2D eigenvalue weighted by atomic mass is 35.5. The van der Waals surface area contributed by atoms with Crippen molar-refractivity contribution in [1.29, 1.82) is 0 Å². The number of carboxylic acids is 1. The van der Waals surface area contributed by atoms with Crippen LogP contribution in [0, 0.1) is 0 Å². The minimum absolute atomic E-state index is 0.0924. The summed E-state index contributed by atoms with van der Waals surface area (Å²) in [5, 5.41) is 11.3. The molecule has 1 aromatic heterocycles. The highest BCUT2D eigenvalue weighted by molar-refractivity contribution is 7.89. The van der Waals surface area contributed by atoms with E-state index >= 15 is 0 Å². The summed E-state index contributed by atoms with van der Waals surface area (Å²) < 4.78 is 28.3. The van der Waals surface area contributed by atoms with Crippen LogP contribution in [0.3, 0.4) is 0 Å². The van der Waals surface area contributed by atoms with Gasteiger partial charge in [0.2, 0.25) is 10.0 Å². The number of likely N-dealkylation sites (tertiary alicyclic amines) is 1. The Bertz CT molecular complexity index is 959. The van der Waals surface area contributed by atoms with Gasteiger partial charge in [-0.05, 0) is 55.0 Å². The van der Waals surface area contributed by atoms with Crippen molar-refractivity contribution in [3.05, 3.63) is 63.8 Å². The molecular weight excluding hydrogens is 444 g/mol. The molecule has 162 valence electrons. The second-order valence-electron chi connectivity index (χ2n) is 7.30. The van der Waals surface area contributed by atoms with Gasteiger partial charge in [-0.15, -0.1) is 11.3 Å². The molecule has 2 N–H and O–H groups in total. The molecule has 1 aliphatic rings. The third-order valence-corrected chi connectivity index (χ3v) is 7.60. The SMILES string of the molecule is O=C(O)CCC/C=C\[C@@H]1C[C@@H](NS(=O)(=O)c2ccc(Cl)cc2)CN1Cc1cccs1. The number of benzene rings is 1. The molecule has 9 heteroatoms. The molecule has 0 spiro atoms. The van der Waals surface area contributed by atoms with Crippen LogP contribution in [-0.4, -0.2) is 43.0 Å². The van der Waals surface area contributed by atoms with Crippen molar-refractivity contribution in [1.82, 2.24) is 9.62 Å². The van der Waals surface area contributed by atoms with E-state index in [0.717, 1.165) is 6.54 Å². The number of unbranched alkanes of at least 4 members (excludes halogenated alkanes) is 1. The monoisotopic (exact) mass is 468 g/mol. The Morgan fingerprint density at radius 1 is 1.30 bits per heavy atom. The van der Waals surface area contributed by atoms with Crippen molar-refractivity contribution in [3.8, 4) is 0 Å². The summed E-state index contributed by atoms with van der Waals surface area (Å²) in [5.41, 5.74) is 0. The summed E-state index contributed by atoms with van der Waals surface area (Å²) in [6.45, 7) is 1.36. The van der Waals surface area contributed by atoms with Crippen LogP contribution in [0.2, 0.25) is 5.02 Å². The van der Waals surface area contributed by atoms with Gasteiger partial charge in [0.25, 0.3) is 0 Å². The van der Waals surface area contributed by atoms with Crippen molar-refractivity contribution in [2.24, 2.45) is 0 Å². The number of carboxylic acid groups (broad SMARTS) is 1. The fourth-order valence-corrected chi connectivity index (χ4v) is 5.62. The summed E-state index contributed by atoms with van der Waals surface area (Å²) in [7, 11) is -3.63. The zero-order chi connectivity index (χ0) is 21.6. The third kappa shape index (κ3) is 6.65. The molecule has 3 rings (SSSR count). The number of hydrogen-bond acceptors (Lipinski definition) is 5. The lowest BCUT2D eigenvalue weighted by Crippen LogP contribution is -2.37. The molecule has 1 fully saturated rings. The Hall–Kier alpha value is -1.71. The number of sulfonamides is 1. The van der Waals surface area contributed by atoms with E-state index in [2.05, 4.69) is 21.8 Å². The van der Waals surface area contributed by atoms with Crippen molar-refractivity contribution in [3.63, 3.8) is 0 Å². The van der Waals surface area contributed by atoms with Crippen LogP contribution >= 0.6 is 22.9 Å². The van der Waals surface area contributed by atoms with E-state index in [1.807, 2.05) is 17.5 Å². The Morgan fingerprint density at radius 2 is 2.07 bits per heavy atom. The van der Waals surface area contributed by atoms with Gasteiger partial charge in [-0.3, -0.25) is 9.69 Å².